The van der Waals surface area contributed by atoms with Crippen LogP contribution in [0.2, 0.25) is 0 Å². The molecule has 1 aromatic heterocycles. The minimum Gasteiger partial charge on any atom is -0.491 e. The molecular weight excluding hydrogens is 341 g/mol. The molecule has 7 heteroatoms. The number of benzene rings is 1. The molecular formula is C18H26FN3O2S. The summed E-state index contributed by atoms with van der Waals surface area (Å²) in [5.74, 6) is -0.0862. The van der Waals surface area contributed by atoms with Gasteiger partial charge in [-0.2, -0.15) is 0 Å². The number of hydrogen-bond donors (Lipinski definition) is 2. The summed E-state index contributed by atoms with van der Waals surface area (Å²) in [5, 5.41) is 13.7. The molecule has 2 aromatic rings. The van der Waals surface area contributed by atoms with Crippen molar-refractivity contribution in [3.05, 3.63) is 41.2 Å². The third kappa shape index (κ3) is 5.37. The lowest BCUT2D eigenvalue weighted by Gasteiger charge is -2.33. The molecule has 2 rings (SSSR count). The van der Waals surface area contributed by atoms with E-state index < -0.39 is 6.10 Å². The van der Waals surface area contributed by atoms with Gasteiger partial charge in [-0.25, -0.2) is 9.37 Å². The van der Waals surface area contributed by atoms with Crippen LogP contribution in [0.5, 0.6) is 5.75 Å². The average molecular weight is 367 g/mol. The van der Waals surface area contributed by atoms with Crippen molar-refractivity contribution in [2.45, 2.75) is 52.2 Å². The Morgan fingerprint density at radius 1 is 1.32 bits per heavy atom. The molecule has 2 unspecified atom stereocenters. The molecule has 0 fully saturated rings. The first-order valence-corrected chi connectivity index (χ1v) is 8.89. The second-order valence-corrected chi connectivity index (χ2v) is 7.56. The average Bonchev–Trinajstić information content (AvgIpc) is 2.97. The van der Waals surface area contributed by atoms with Crippen molar-refractivity contribution >= 4 is 12.2 Å². The van der Waals surface area contributed by atoms with Crippen molar-refractivity contribution in [3.8, 4) is 5.75 Å². The Kier molecular flexibility index (Phi) is 6.72. The van der Waals surface area contributed by atoms with Gasteiger partial charge in [0.25, 0.3) is 0 Å². The van der Waals surface area contributed by atoms with E-state index in [1.165, 1.54) is 12.4 Å². The summed E-state index contributed by atoms with van der Waals surface area (Å²) in [6.07, 6.45) is 3.24. The normalized spacial score (nSPS) is 14.3. The molecule has 1 heterocycles. The number of halogens is 1. The first-order chi connectivity index (χ1) is 11.8. The summed E-state index contributed by atoms with van der Waals surface area (Å²) in [5.41, 5.74) is -0.284. The van der Waals surface area contributed by atoms with Gasteiger partial charge in [-0.15, -0.1) is 0 Å². The second-order valence-electron chi connectivity index (χ2n) is 7.19. The van der Waals surface area contributed by atoms with Crippen LogP contribution >= 0.6 is 12.2 Å². The van der Waals surface area contributed by atoms with Crippen LogP contribution in [-0.2, 0) is 0 Å². The van der Waals surface area contributed by atoms with Gasteiger partial charge < -0.3 is 9.84 Å². The Morgan fingerprint density at radius 3 is 2.64 bits per heavy atom. The van der Waals surface area contributed by atoms with Gasteiger partial charge in [0.2, 0.25) is 4.77 Å². The maximum atomic E-state index is 13.5. The van der Waals surface area contributed by atoms with Crippen molar-refractivity contribution in [3.63, 3.8) is 0 Å². The maximum Gasteiger partial charge on any atom is 0.216 e. The number of nitrogens with zero attached hydrogens (tertiary/aromatic N) is 2. The van der Waals surface area contributed by atoms with E-state index in [1.54, 1.807) is 22.9 Å². The van der Waals surface area contributed by atoms with Gasteiger partial charge in [-0.3, -0.25) is 9.78 Å². The van der Waals surface area contributed by atoms with Gasteiger partial charge in [0.15, 0.2) is 11.6 Å². The molecule has 0 aliphatic carbocycles. The molecule has 0 radical (unpaired) electrons. The lowest BCUT2D eigenvalue weighted by Crippen LogP contribution is -2.36. The fraction of sp³-hybridized carbons (Fsp3) is 0.556. The number of hydrogen-bond acceptors (Lipinski definition) is 4. The van der Waals surface area contributed by atoms with Gasteiger partial charge in [0.05, 0.1) is 18.8 Å². The standard InChI is InChI=1S/C18H26FN3O2S/c1-18(2,3)16(23)14(22-17(25)20-12-21-22)9-6-7-11-24-15-10-5-4-8-13(15)19/h4-5,8,10,12,14,16,23H,6-7,9,11H2,1-3H3,(H,20,21,25). The maximum absolute atomic E-state index is 13.5. The highest BCUT2D eigenvalue weighted by atomic mass is 32.1. The zero-order chi connectivity index (χ0) is 18.4. The molecule has 0 aliphatic rings. The van der Waals surface area contributed by atoms with Gasteiger partial charge in [0, 0.05) is 0 Å². The van der Waals surface area contributed by atoms with Gasteiger partial charge in [0.1, 0.15) is 6.33 Å². The van der Waals surface area contributed by atoms with E-state index in [0.717, 1.165) is 19.3 Å². The van der Waals surface area contributed by atoms with Crippen LogP contribution in [0.1, 0.15) is 46.1 Å². The number of nitrogens with one attached hydrogen (secondary N) is 1. The Hall–Kier alpha value is -1.73. The van der Waals surface area contributed by atoms with E-state index in [1.807, 2.05) is 20.8 Å². The number of unbranched alkanes of at least 4 members (excludes halogenated alkanes) is 1. The quantitative estimate of drug-likeness (QED) is 0.540. The molecule has 0 aliphatic heterocycles. The molecule has 138 valence electrons. The lowest BCUT2D eigenvalue weighted by atomic mass is 9.83. The Balaban J connectivity index is 1.91. The molecule has 0 amide bonds. The number of aliphatic hydroxyl groups is 1. The van der Waals surface area contributed by atoms with E-state index in [9.17, 15) is 9.50 Å². The van der Waals surface area contributed by atoms with Crippen molar-refractivity contribution in [2.24, 2.45) is 5.41 Å². The second kappa shape index (κ2) is 8.58. The third-order valence-corrected chi connectivity index (χ3v) is 4.45. The highest BCUT2D eigenvalue weighted by Crippen LogP contribution is 2.31. The van der Waals surface area contributed by atoms with E-state index in [2.05, 4.69) is 10.1 Å². The largest absolute Gasteiger partial charge is 0.491 e. The zero-order valence-corrected chi connectivity index (χ0v) is 15.7. The van der Waals surface area contributed by atoms with E-state index >= 15 is 0 Å². The van der Waals surface area contributed by atoms with Crippen molar-refractivity contribution < 1.29 is 14.2 Å². The van der Waals surface area contributed by atoms with Gasteiger partial charge >= 0.3 is 0 Å². The van der Waals surface area contributed by atoms with Crippen molar-refractivity contribution in [2.75, 3.05) is 6.61 Å². The Labute approximate surface area is 152 Å². The molecule has 0 saturated heterocycles. The summed E-state index contributed by atoms with van der Waals surface area (Å²) >= 11 is 5.23. The first kappa shape index (κ1) is 19.6. The number of aromatic nitrogens is 3. The number of rotatable bonds is 8. The first-order valence-electron chi connectivity index (χ1n) is 8.48. The fourth-order valence-corrected chi connectivity index (χ4v) is 2.95. The van der Waals surface area contributed by atoms with Crippen LogP contribution in [0.15, 0.2) is 30.6 Å². The minimum absolute atomic E-state index is 0.191. The zero-order valence-electron chi connectivity index (χ0n) is 14.9. The molecule has 0 bridgehead atoms. The van der Waals surface area contributed by atoms with Crippen LogP contribution in [0, 0.1) is 16.0 Å². The van der Waals surface area contributed by atoms with E-state index in [-0.39, 0.29) is 23.0 Å². The summed E-state index contributed by atoms with van der Waals surface area (Å²) in [6, 6.07) is 6.18. The fourth-order valence-electron chi connectivity index (χ4n) is 2.71. The monoisotopic (exact) mass is 367 g/mol. The Bertz CT molecular complexity index is 723. The van der Waals surface area contributed by atoms with Crippen LogP contribution in [0.3, 0.4) is 0 Å². The smallest absolute Gasteiger partial charge is 0.216 e. The van der Waals surface area contributed by atoms with Gasteiger partial charge in [-0.1, -0.05) is 32.9 Å². The topological polar surface area (TPSA) is 63.1 Å². The highest BCUT2D eigenvalue weighted by Gasteiger charge is 2.32. The number of H-pyrrole nitrogens is 1. The Morgan fingerprint density at radius 2 is 2.04 bits per heavy atom. The van der Waals surface area contributed by atoms with Crippen molar-refractivity contribution in [1.82, 2.24) is 14.8 Å². The summed E-state index contributed by atoms with van der Waals surface area (Å²) in [6.45, 7) is 6.40. The summed E-state index contributed by atoms with van der Waals surface area (Å²) in [7, 11) is 0. The molecule has 5 nitrogen and oxygen atoms in total. The summed E-state index contributed by atoms with van der Waals surface area (Å²) < 4.78 is 21.2. The van der Waals surface area contributed by atoms with Crippen LogP contribution in [-0.4, -0.2) is 32.6 Å². The predicted octanol–water partition coefficient (Wildman–Crippen LogP) is 4.28. The SMILES string of the molecule is CC(C)(C)C(O)C(CCCCOc1ccccc1F)n1[nH]cnc1=S. The summed E-state index contributed by atoms with van der Waals surface area (Å²) in [4.78, 5) is 4.04. The third-order valence-electron chi connectivity index (χ3n) is 4.15. The molecule has 1 aromatic carbocycles. The molecule has 2 N–H and O–H groups in total. The van der Waals surface area contributed by atoms with E-state index in [0.29, 0.717) is 11.4 Å². The highest BCUT2D eigenvalue weighted by molar-refractivity contribution is 7.71. The molecule has 0 saturated carbocycles. The van der Waals surface area contributed by atoms with Crippen molar-refractivity contribution in [1.29, 1.82) is 0 Å². The minimum atomic E-state index is -0.577. The number of ether oxygens (including phenoxy) is 1. The van der Waals surface area contributed by atoms with Crippen LogP contribution in [0.4, 0.5) is 4.39 Å². The molecule has 25 heavy (non-hydrogen) atoms. The predicted molar refractivity (Wildman–Crippen MR) is 97.7 cm³/mol. The van der Waals surface area contributed by atoms with E-state index in [4.69, 9.17) is 17.0 Å². The van der Waals surface area contributed by atoms with Crippen LogP contribution < -0.4 is 4.74 Å². The molecule has 0 spiro atoms. The number of aromatic amines is 1. The lowest BCUT2D eigenvalue weighted by molar-refractivity contribution is 0.00773. The molecule has 2 atom stereocenters. The number of para-hydroxylation sites is 1. The van der Waals surface area contributed by atoms with Crippen LogP contribution in [0.25, 0.3) is 0 Å². The number of aliphatic hydroxyl groups excluding tert-OH is 1. The van der Waals surface area contributed by atoms with Gasteiger partial charge in [-0.05, 0) is 49.0 Å².